The standard InChI is InChI=1S/C24H48OS/c1-21(2)15-14-16-22(3)18-20-26-23(25)17-12-10-8-7-9-11-13-19-24(4,5)6/h21-22H,7-20H2,1-6H3/t22-/m0/s1. The van der Waals surface area contributed by atoms with E-state index in [1.54, 1.807) is 11.8 Å². The molecule has 0 fully saturated rings. The minimum absolute atomic E-state index is 0.421. The molecule has 0 spiro atoms. The van der Waals surface area contributed by atoms with Crippen LogP contribution in [0.25, 0.3) is 0 Å². The van der Waals surface area contributed by atoms with Gasteiger partial charge in [0.15, 0.2) is 5.12 Å². The van der Waals surface area contributed by atoms with Crippen LogP contribution in [0.15, 0.2) is 0 Å². The van der Waals surface area contributed by atoms with Crippen molar-refractivity contribution in [2.75, 3.05) is 5.75 Å². The Bertz CT molecular complexity index is 330. The summed E-state index contributed by atoms with van der Waals surface area (Å²) in [7, 11) is 0. The van der Waals surface area contributed by atoms with Gasteiger partial charge in [0, 0.05) is 12.2 Å². The van der Waals surface area contributed by atoms with Crippen LogP contribution in [0.4, 0.5) is 0 Å². The van der Waals surface area contributed by atoms with Gasteiger partial charge in [-0.1, -0.05) is 111 Å². The molecule has 0 unspecified atom stereocenters. The molecule has 0 saturated heterocycles. The van der Waals surface area contributed by atoms with Crippen LogP contribution in [0.2, 0.25) is 0 Å². The van der Waals surface area contributed by atoms with E-state index in [1.807, 2.05) is 0 Å². The van der Waals surface area contributed by atoms with E-state index in [2.05, 4.69) is 41.5 Å². The molecule has 1 nitrogen and oxygen atoms in total. The van der Waals surface area contributed by atoms with Gasteiger partial charge in [0.25, 0.3) is 0 Å². The van der Waals surface area contributed by atoms with E-state index in [0.29, 0.717) is 10.5 Å². The van der Waals surface area contributed by atoms with Gasteiger partial charge >= 0.3 is 0 Å². The predicted molar refractivity (Wildman–Crippen MR) is 121 cm³/mol. The molecule has 0 radical (unpaired) electrons. The molecule has 0 aliphatic rings. The van der Waals surface area contributed by atoms with Gasteiger partial charge in [-0.15, -0.1) is 0 Å². The van der Waals surface area contributed by atoms with Crippen molar-refractivity contribution in [3.63, 3.8) is 0 Å². The Labute approximate surface area is 169 Å². The molecule has 0 N–H and O–H groups in total. The first-order valence-corrected chi connectivity index (χ1v) is 12.3. The molecule has 0 aliphatic carbocycles. The lowest BCUT2D eigenvalue weighted by atomic mass is 9.89. The maximum Gasteiger partial charge on any atom is 0.188 e. The van der Waals surface area contributed by atoms with E-state index in [1.165, 1.54) is 70.6 Å². The maximum absolute atomic E-state index is 12.0. The normalized spacial score (nSPS) is 13.3. The SMILES string of the molecule is CC(C)CCC[C@H](C)CCSC(=O)CCCCCCCCCC(C)(C)C. The Morgan fingerprint density at radius 3 is 1.92 bits per heavy atom. The van der Waals surface area contributed by atoms with Gasteiger partial charge in [-0.2, -0.15) is 0 Å². The van der Waals surface area contributed by atoms with Gasteiger partial charge in [0.2, 0.25) is 0 Å². The molecule has 0 rings (SSSR count). The number of unbranched alkanes of at least 4 members (excludes halogenated alkanes) is 6. The lowest BCUT2D eigenvalue weighted by Gasteiger charge is -2.17. The summed E-state index contributed by atoms with van der Waals surface area (Å²) in [6.07, 6.45) is 16.4. The lowest BCUT2D eigenvalue weighted by molar-refractivity contribution is -0.111. The summed E-state index contributed by atoms with van der Waals surface area (Å²) in [6, 6.07) is 0. The minimum Gasteiger partial charge on any atom is -0.287 e. The van der Waals surface area contributed by atoms with Gasteiger partial charge in [0.1, 0.15) is 0 Å². The number of hydrogen-bond donors (Lipinski definition) is 0. The maximum atomic E-state index is 12.0. The van der Waals surface area contributed by atoms with Crippen LogP contribution in [0.5, 0.6) is 0 Å². The zero-order valence-corrected chi connectivity index (χ0v) is 19.7. The molecule has 0 aromatic rings. The third-order valence-corrected chi connectivity index (χ3v) is 6.13. The van der Waals surface area contributed by atoms with Crippen molar-refractivity contribution < 1.29 is 4.79 Å². The molecule has 0 aromatic heterocycles. The van der Waals surface area contributed by atoms with E-state index in [4.69, 9.17) is 0 Å². The fourth-order valence-electron chi connectivity index (χ4n) is 3.27. The van der Waals surface area contributed by atoms with E-state index in [9.17, 15) is 4.79 Å². The smallest absolute Gasteiger partial charge is 0.188 e. The van der Waals surface area contributed by atoms with Gasteiger partial charge in [-0.3, -0.25) is 4.79 Å². The summed E-state index contributed by atoms with van der Waals surface area (Å²) in [5.74, 6) is 2.61. The van der Waals surface area contributed by atoms with Crippen LogP contribution in [0, 0.1) is 17.3 Å². The molecule has 0 amide bonds. The van der Waals surface area contributed by atoms with E-state index < -0.39 is 0 Å². The van der Waals surface area contributed by atoms with Crippen LogP contribution in [0.1, 0.15) is 125 Å². The summed E-state index contributed by atoms with van der Waals surface area (Å²) in [6.45, 7) is 13.9. The highest BCUT2D eigenvalue weighted by Crippen LogP contribution is 2.23. The van der Waals surface area contributed by atoms with Crippen molar-refractivity contribution in [1.29, 1.82) is 0 Å². The Morgan fingerprint density at radius 1 is 0.769 bits per heavy atom. The molecule has 26 heavy (non-hydrogen) atoms. The first kappa shape index (κ1) is 26.0. The van der Waals surface area contributed by atoms with Crippen molar-refractivity contribution in [1.82, 2.24) is 0 Å². The number of carbonyl (C=O) groups is 1. The van der Waals surface area contributed by atoms with Crippen molar-refractivity contribution in [3.8, 4) is 0 Å². The van der Waals surface area contributed by atoms with Gasteiger partial charge in [-0.25, -0.2) is 0 Å². The van der Waals surface area contributed by atoms with Crippen molar-refractivity contribution in [2.24, 2.45) is 17.3 Å². The zero-order valence-electron chi connectivity index (χ0n) is 18.9. The Kier molecular flexibility index (Phi) is 16.0. The van der Waals surface area contributed by atoms with Gasteiger partial charge < -0.3 is 0 Å². The predicted octanol–water partition coefficient (Wildman–Crippen LogP) is 8.66. The molecule has 0 bridgehead atoms. The summed E-state index contributed by atoms with van der Waals surface area (Å²) in [4.78, 5) is 12.0. The Morgan fingerprint density at radius 2 is 1.35 bits per heavy atom. The van der Waals surface area contributed by atoms with Crippen LogP contribution >= 0.6 is 11.8 Å². The Hall–Kier alpha value is 0.0200. The highest BCUT2D eigenvalue weighted by molar-refractivity contribution is 8.13. The van der Waals surface area contributed by atoms with Crippen molar-refractivity contribution in [3.05, 3.63) is 0 Å². The van der Waals surface area contributed by atoms with Crippen molar-refractivity contribution in [2.45, 2.75) is 125 Å². The largest absolute Gasteiger partial charge is 0.287 e. The highest BCUT2D eigenvalue weighted by atomic mass is 32.2. The highest BCUT2D eigenvalue weighted by Gasteiger charge is 2.09. The second kappa shape index (κ2) is 16.0. The zero-order chi connectivity index (χ0) is 19.8. The summed E-state index contributed by atoms with van der Waals surface area (Å²) in [5.41, 5.74) is 0.490. The molecule has 0 heterocycles. The Balaban J connectivity index is 3.36. The third-order valence-electron chi connectivity index (χ3n) is 5.16. The summed E-state index contributed by atoms with van der Waals surface area (Å²) in [5, 5.41) is 0.421. The summed E-state index contributed by atoms with van der Waals surface area (Å²) >= 11 is 1.58. The molecular formula is C24H48OS. The second-order valence-electron chi connectivity index (χ2n) is 9.97. The lowest BCUT2D eigenvalue weighted by Crippen LogP contribution is -2.03. The molecule has 1 atom stereocenters. The molecule has 0 aliphatic heterocycles. The van der Waals surface area contributed by atoms with Crippen LogP contribution in [0.3, 0.4) is 0 Å². The van der Waals surface area contributed by atoms with E-state index in [-0.39, 0.29) is 0 Å². The second-order valence-corrected chi connectivity index (χ2v) is 11.1. The van der Waals surface area contributed by atoms with E-state index in [0.717, 1.165) is 30.4 Å². The topological polar surface area (TPSA) is 17.1 Å². The summed E-state index contributed by atoms with van der Waals surface area (Å²) < 4.78 is 0. The van der Waals surface area contributed by atoms with Gasteiger partial charge in [0.05, 0.1) is 0 Å². The van der Waals surface area contributed by atoms with E-state index >= 15 is 0 Å². The first-order valence-electron chi connectivity index (χ1n) is 11.4. The molecule has 156 valence electrons. The third kappa shape index (κ3) is 20.3. The minimum atomic E-state index is 0.421. The average Bonchev–Trinajstić information content (AvgIpc) is 2.51. The number of hydrogen-bond acceptors (Lipinski definition) is 2. The van der Waals surface area contributed by atoms with Crippen LogP contribution < -0.4 is 0 Å². The molecular weight excluding hydrogens is 336 g/mol. The number of thioether (sulfide) groups is 1. The molecule has 0 aromatic carbocycles. The monoisotopic (exact) mass is 384 g/mol. The molecule has 2 heteroatoms. The van der Waals surface area contributed by atoms with Crippen molar-refractivity contribution >= 4 is 16.9 Å². The average molecular weight is 385 g/mol. The van der Waals surface area contributed by atoms with Crippen LogP contribution in [-0.2, 0) is 4.79 Å². The quantitative estimate of drug-likeness (QED) is 0.248. The van der Waals surface area contributed by atoms with Crippen LogP contribution in [-0.4, -0.2) is 10.9 Å². The fourth-order valence-corrected chi connectivity index (χ4v) is 4.31. The molecule has 0 saturated carbocycles. The first-order chi connectivity index (χ1) is 12.2. The number of rotatable bonds is 16. The van der Waals surface area contributed by atoms with Gasteiger partial charge in [-0.05, 0) is 36.5 Å². The fraction of sp³-hybridized carbons (Fsp3) is 0.958. The number of carbonyl (C=O) groups excluding carboxylic acids is 1.